The molecule has 0 bridgehead atoms. The predicted octanol–water partition coefficient (Wildman–Crippen LogP) is 3.69. The first kappa shape index (κ1) is 20.5. The first-order chi connectivity index (χ1) is 13.3. The quantitative estimate of drug-likeness (QED) is 0.403. The molecule has 0 aliphatic heterocycles. The number of thiophene rings is 1. The number of hydrogen-bond acceptors (Lipinski definition) is 5. The van der Waals surface area contributed by atoms with E-state index in [1.165, 1.54) is 0 Å². The molecule has 0 aliphatic carbocycles. The van der Waals surface area contributed by atoms with Crippen molar-refractivity contribution in [3.8, 4) is 0 Å². The summed E-state index contributed by atoms with van der Waals surface area (Å²) >= 11 is 1.59. The van der Waals surface area contributed by atoms with E-state index in [2.05, 4.69) is 4.72 Å². The van der Waals surface area contributed by atoms with Gasteiger partial charge in [-0.25, -0.2) is 13.9 Å². The largest absolute Gasteiger partial charge is 0.289 e. The molecule has 0 radical (unpaired) electrons. The van der Waals surface area contributed by atoms with Gasteiger partial charge in [0.2, 0.25) is 10.0 Å². The molecule has 3 aromatic rings. The molecule has 1 unspecified atom stereocenters. The Balaban J connectivity index is 1.83. The number of carbonyl (C=O) groups is 1. The molecule has 0 fully saturated rings. The summed E-state index contributed by atoms with van der Waals surface area (Å²) in [4.78, 5) is 12.1. The third kappa shape index (κ3) is 4.77. The van der Waals surface area contributed by atoms with Crippen LogP contribution in [0.1, 0.15) is 42.5 Å². The molecule has 3 rings (SSSR count). The molecule has 148 valence electrons. The monoisotopic (exact) mass is 418 g/mol. The Kier molecular flexibility index (Phi) is 6.14. The van der Waals surface area contributed by atoms with Gasteiger partial charge in [-0.2, -0.15) is 4.72 Å². The van der Waals surface area contributed by atoms with Crippen LogP contribution in [-0.2, 0) is 20.6 Å². The van der Waals surface area contributed by atoms with E-state index in [0.717, 1.165) is 15.6 Å². The summed E-state index contributed by atoms with van der Waals surface area (Å²) in [6, 6.07) is 13.2. The van der Waals surface area contributed by atoms with Gasteiger partial charge in [0, 0.05) is 4.70 Å². The first-order valence-corrected chi connectivity index (χ1v) is 11.3. The van der Waals surface area contributed by atoms with Gasteiger partial charge in [-0.15, -0.1) is 11.3 Å². The Bertz CT molecular complexity index is 1070. The van der Waals surface area contributed by atoms with Crippen LogP contribution < -0.4 is 10.2 Å². The van der Waals surface area contributed by atoms with E-state index < -0.39 is 22.0 Å². The van der Waals surface area contributed by atoms with Crippen molar-refractivity contribution in [1.29, 1.82) is 0 Å². The highest BCUT2D eigenvalue weighted by atomic mass is 32.2. The van der Waals surface area contributed by atoms with Crippen LogP contribution in [0.25, 0.3) is 10.1 Å². The van der Waals surface area contributed by atoms with Gasteiger partial charge in [0.25, 0.3) is 5.91 Å². The van der Waals surface area contributed by atoms with Crippen molar-refractivity contribution in [3.05, 3.63) is 70.6 Å². The number of nitrogens with one attached hydrogen (secondary N) is 2. The molecule has 1 atom stereocenters. The second-order valence-electron chi connectivity index (χ2n) is 6.90. The molecular weight excluding hydrogens is 396 g/mol. The maximum atomic E-state index is 12.7. The van der Waals surface area contributed by atoms with Gasteiger partial charge in [0.05, 0.1) is 5.75 Å². The van der Waals surface area contributed by atoms with Crippen LogP contribution in [0.2, 0.25) is 0 Å². The SMILES string of the molecule is CC(C)c1ccc(C(NS(=O)(=O)Cc2ccc3sccc3c2)C(=O)NO)cc1. The van der Waals surface area contributed by atoms with Crippen LogP contribution in [0.3, 0.4) is 0 Å². The minimum Gasteiger partial charge on any atom is -0.289 e. The highest BCUT2D eigenvalue weighted by molar-refractivity contribution is 7.88. The lowest BCUT2D eigenvalue weighted by atomic mass is 9.99. The standard InChI is InChI=1S/C20H22N2O4S2/c1-13(2)15-4-6-16(7-5-15)19(20(23)21-24)22-28(25,26)12-14-3-8-18-17(11-14)9-10-27-18/h3-11,13,19,22,24H,12H2,1-2H3,(H,21,23). The maximum Gasteiger partial charge on any atom is 0.266 e. The molecule has 8 heteroatoms. The lowest BCUT2D eigenvalue weighted by molar-refractivity contribution is -0.131. The molecule has 1 heterocycles. The third-order valence-electron chi connectivity index (χ3n) is 4.48. The van der Waals surface area contributed by atoms with E-state index in [-0.39, 0.29) is 5.75 Å². The van der Waals surface area contributed by atoms with Gasteiger partial charge >= 0.3 is 0 Å². The van der Waals surface area contributed by atoms with Gasteiger partial charge in [-0.05, 0) is 51.6 Å². The smallest absolute Gasteiger partial charge is 0.266 e. The molecular formula is C20H22N2O4S2. The van der Waals surface area contributed by atoms with E-state index in [9.17, 15) is 13.2 Å². The Morgan fingerprint density at radius 1 is 1.07 bits per heavy atom. The van der Waals surface area contributed by atoms with Crippen molar-refractivity contribution in [2.24, 2.45) is 0 Å². The first-order valence-electron chi connectivity index (χ1n) is 8.79. The molecule has 1 amide bonds. The summed E-state index contributed by atoms with van der Waals surface area (Å²) in [5.41, 5.74) is 3.69. The number of fused-ring (bicyclic) bond motifs is 1. The van der Waals surface area contributed by atoms with Gasteiger partial charge in [-0.1, -0.05) is 44.2 Å². The second-order valence-corrected chi connectivity index (χ2v) is 9.60. The van der Waals surface area contributed by atoms with E-state index in [1.807, 2.05) is 49.6 Å². The highest BCUT2D eigenvalue weighted by Crippen LogP contribution is 2.24. The summed E-state index contributed by atoms with van der Waals surface area (Å²) < 4.78 is 28.8. The molecule has 2 aromatic carbocycles. The highest BCUT2D eigenvalue weighted by Gasteiger charge is 2.26. The Hall–Kier alpha value is -2.26. The average molecular weight is 419 g/mol. The van der Waals surface area contributed by atoms with Gasteiger partial charge in [0.15, 0.2) is 0 Å². The molecule has 28 heavy (non-hydrogen) atoms. The normalized spacial score (nSPS) is 13.0. The number of rotatable bonds is 7. The van der Waals surface area contributed by atoms with Crippen LogP contribution in [0.4, 0.5) is 0 Å². The lowest BCUT2D eigenvalue weighted by Gasteiger charge is -2.18. The second kappa shape index (κ2) is 8.40. The van der Waals surface area contributed by atoms with Crippen molar-refractivity contribution < 1.29 is 18.4 Å². The van der Waals surface area contributed by atoms with Crippen LogP contribution in [0.15, 0.2) is 53.9 Å². The molecule has 0 saturated heterocycles. The van der Waals surface area contributed by atoms with Crippen LogP contribution >= 0.6 is 11.3 Å². The maximum absolute atomic E-state index is 12.7. The number of hydrogen-bond donors (Lipinski definition) is 3. The van der Waals surface area contributed by atoms with Crippen molar-refractivity contribution in [1.82, 2.24) is 10.2 Å². The Labute approximate surface area is 168 Å². The number of amides is 1. The number of carbonyl (C=O) groups excluding carboxylic acids is 1. The summed E-state index contributed by atoms with van der Waals surface area (Å²) in [5.74, 6) is -0.796. The topological polar surface area (TPSA) is 95.5 Å². The third-order valence-corrected chi connectivity index (χ3v) is 6.69. The predicted molar refractivity (Wildman–Crippen MR) is 111 cm³/mol. The minimum absolute atomic E-state index is 0.266. The minimum atomic E-state index is -3.83. The van der Waals surface area contributed by atoms with Crippen molar-refractivity contribution in [2.45, 2.75) is 31.6 Å². The van der Waals surface area contributed by atoms with Gasteiger partial charge < -0.3 is 0 Å². The van der Waals surface area contributed by atoms with E-state index in [0.29, 0.717) is 17.0 Å². The van der Waals surface area contributed by atoms with Crippen molar-refractivity contribution in [2.75, 3.05) is 0 Å². The van der Waals surface area contributed by atoms with Crippen LogP contribution in [0.5, 0.6) is 0 Å². The van der Waals surface area contributed by atoms with E-state index in [1.54, 1.807) is 35.0 Å². The zero-order valence-corrected chi connectivity index (χ0v) is 17.2. The zero-order valence-electron chi connectivity index (χ0n) is 15.5. The lowest BCUT2D eigenvalue weighted by Crippen LogP contribution is -2.39. The van der Waals surface area contributed by atoms with E-state index >= 15 is 0 Å². The summed E-state index contributed by atoms with van der Waals surface area (Å²) in [6.07, 6.45) is 0. The van der Waals surface area contributed by atoms with E-state index in [4.69, 9.17) is 5.21 Å². The number of sulfonamides is 1. The molecule has 6 nitrogen and oxygen atoms in total. The summed E-state index contributed by atoms with van der Waals surface area (Å²) in [5, 5.41) is 12.0. The number of hydroxylamine groups is 1. The molecule has 0 saturated carbocycles. The molecule has 0 aliphatic rings. The Morgan fingerprint density at radius 2 is 1.75 bits per heavy atom. The van der Waals surface area contributed by atoms with Crippen LogP contribution in [-0.4, -0.2) is 19.5 Å². The molecule has 3 N–H and O–H groups in total. The van der Waals surface area contributed by atoms with Gasteiger partial charge in [0.1, 0.15) is 6.04 Å². The zero-order chi connectivity index (χ0) is 20.3. The van der Waals surface area contributed by atoms with Crippen LogP contribution in [0, 0.1) is 0 Å². The molecule has 0 spiro atoms. The fraction of sp³-hybridized carbons (Fsp3) is 0.250. The van der Waals surface area contributed by atoms with Gasteiger partial charge in [-0.3, -0.25) is 10.0 Å². The summed E-state index contributed by atoms with van der Waals surface area (Å²) in [7, 11) is -3.83. The number of benzene rings is 2. The Morgan fingerprint density at radius 3 is 2.39 bits per heavy atom. The van der Waals surface area contributed by atoms with Crippen molar-refractivity contribution in [3.63, 3.8) is 0 Å². The molecule has 1 aromatic heterocycles. The summed E-state index contributed by atoms with van der Waals surface area (Å²) in [6.45, 7) is 4.08. The average Bonchev–Trinajstić information content (AvgIpc) is 3.13. The fourth-order valence-corrected chi connectivity index (χ4v) is 5.03. The van der Waals surface area contributed by atoms with Crippen molar-refractivity contribution >= 4 is 37.4 Å². The fourth-order valence-electron chi connectivity index (χ4n) is 2.96.